The van der Waals surface area contributed by atoms with Crippen molar-refractivity contribution in [3.8, 4) is 0 Å². The molecule has 0 bridgehead atoms. The number of carbonyl (C=O) groups is 2. The Hall–Kier alpha value is -1.84. The molecule has 2 amide bonds. The Bertz CT molecular complexity index is 538. The molecule has 1 N–H and O–H groups in total. The number of hydrogen-bond acceptors (Lipinski definition) is 2. The lowest BCUT2D eigenvalue weighted by Gasteiger charge is -2.43. The number of rotatable bonds is 4. The number of piperazine rings is 1. The van der Waals surface area contributed by atoms with Crippen LogP contribution in [0.25, 0.3) is 0 Å². The van der Waals surface area contributed by atoms with Gasteiger partial charge in [0.25, 0.3) is 5.91 Å². The second-order valence-electron chi connectivity index (χ2n) is 5.79. The van der Waals surface area contributed by atoms with Crippen LogP contribution in [0.4, 0.5) is 5.69 Å². The Morgan fingerprint density at radius 2 is 1.76 bits per heavy atom. The number of benzene rings is 1. The van der Waals surface area contributed by atoms with E-state index in [1.165, 1.54) is 5.56 Å². The van der Waals surface area contributed by atoms with Gasteiger partial charge in [-0.15, -0.1) is 0 Å². The highest BCUT2D eigenvalue weighted by molar-refractivity contribution is 6.10. The topological polar surface area (TPSA) is 49.4 Å². The Kier molecular flexibility index (Phi) is 4.35. The highest BCUT2D eigenvalue weighted by Gasteiger charge is 2.46. The number of carbonyl (C=O) groups excluding carboxylic acids is 2. The average Bonchev–Trinajstić information content (AvgIpc) is 2.50. The molecule has 1 aromatic rings. The Balaban J connectivity index is 2.43. The number of aryl methyl sites for hydroxylation is 1. The normalized spacial score (nSPS) is 25.9. The molecule has 114 valence electrons. The first-order chi connectivity index (χ1) is 9.96. The molecule has 2 atom stereocenters. The van der Waals surface area contributed by atoms with Crippen molar-refractivity contribution in [1.82, 2.24) is 5.32 Å². The molecular formula is C17H24N2O2. The van der Waals surface area contributed by atoms with Crippen molar-refractivity contribution < 1.29 is 9.59 Å². The summed E-state index contributed by atoms with van der Waals surface area (Å²) in [6, 6.07) is 7.49. The Labute approximate surface area is 126 Å². The first kappa shape index (κ1) is 15.5. The van der Waals surface area contributed by atoms with E-state index in [-0.39, 0.29) is 11.8 Å². The predicted octanol–water partition coefficient (Wildman–Crippen LogP) is 2.66. The highest BCUT2D eigenvalue weighted by Crippen LogP contribution is 2.28. The molecule has 4 heteroatoms. The van der Waals surface area contributed by atoms with E-state index in [9.17, 15) is 9.59 Å². The van der Waals surface area contributed by atoms with Crippen LogP contribution < -0.4 is 10.2 Å². The number of hydrogen-bond donors (Lipinski definition) is 1. The smallest absolute Gasteiger partial charge is 0.253 e. The van der Waals surface area contributed by atoms with Crippen LogP contribution in [0, 0.1) is 0 Å². The number of nitrogens with zero attached hydrogens (tertiary/aromatic N) is 1. The van der Waals surface area contributed by atoms with Gasteiger partial charge in [-0.25, -0.2) is 0 Å². The van der Waals surface area contributed by atoms with Gasteiger partial charge in [-0.3, -0.25) is 14.5 Å². The lowest BCUT2D eigenvalue weighted by Crippen LogP contribution is -2.69. The van der Waals surface area contributed by atoms with E-state index in [4.69, 9.17) is 0 Å². The van der Waals surface area contributed by atoms with Crippen LogP contribution in [0.3, 0.4) is 0 Å². The summed E-state index contributed by atoms with van der Waals surface area (Å²) >= 11 is 0. The number of amides is 2. The van der Waals surface area contributed by atoms with Gasteiger partial charge in [0, 0.05) is 5.69 Å². The standard InChI is InChI=1S/C17H24N2O2/c1-5-12-8-10-13(11-9-12)19-14(6-2)15(20)18-17(4,7-3)16(19)21/h8-11,14H,5-7H2,1-4H3,(H,18,20). The van der Waals surface area contributed by atoms with Crippen molar-refractivity contribution in [2.45, 2.75) is 58.5 Å². The van der Waals surface area contributed by atoms with Gasteiger partial charge in [0.15, 0.2) is 0 Å². The summed E-state index contributed by atoms with van der Waals surface area (Å²) in [5, 5.41) is 2.89. The zero-order valence-electron chi connectivity index (χ0n) is 13.3. The van der Waals surface area contributed by atoms with E-state index in [0.29, 0.717) is 12.8 Å². The van der Waals surface area contributed by atoms with Gasteiger partial charge >= 0.3 is 0 Å². The fraction of sp³-hybridized carbons (Fsp3) is 0.529. The molecule has 1 aliphatic rings. The van der Waals surface area contributed by atoms with E-state index >= 15 is 0 Å². The van der Waals surface area contributed by atoms with Crippen molar-refractivity contribution in [3.05, 3.63) is 29.8 Å². The van der Waals surface area contributed by atoms with Gasteiger partial charge in [0.1, 0.15) is 11.6 Å². The predicted molar refractivity (Wildman–Crippen MR) is 84.2 cm³/mol. The Morgan fingerprint density at radius 3 is 2.24 bits per heavy atom. The molecule has 1 aliphatic heterocycles. The number of anilines is 1. The largest absolute Gasteiger partial charge is 0.340 e. The van der Waals surface area contributed by atoms with E-state index in [1.807, 2.05) is 38.1 Å². The summed E-state index contributed by atoms with van der Waals surface area (Å²) in [7, 11) is 0. The van der Waals surface area contributed by atoms with E-state index < -0.39 is 11.6 Å². The van der Waals surface area contributed by atoms with E-state index in [2.05, 4.69) is 12.2 Å². The van der Waals surface area contributed by atoms with Crippen LogP contribution in [0.5, 0.6) is 0 Å². The maximum Gasteiger partial charge on any atom is 0.253 e. The van der Waals surface area contributed by atoms with E-state index in [1.54, 1.807) is 11.8 Å². The molecule has 1 heterocycles. The quantitative estimate of drug-likeness (QED) is 0.926. The highest BCUT2D eigenvalue weighted by atomic mass is 16.2. The van der Waals surface area contributed by atoms with Crippen LogP contribution in [-0.2, 0) is 16.0 Å². The lowest BCUT2D eigenvalue weighted by molar-refractivity contribution is -0.138. The maximum absolute atomic E-state index is 12.9. The van der Waals surface area contributed by atoms with Crippen LogP contribution in [-0.4, -0.2) is 23.4 Å². The minimum atomic E-state index is -0.813. The van der Waals surface area contributed by atoms with Crippen molar-refractivity contribution >= 4 is 17.5 Å². The van der Waals surface area contributed by atoms with Gasteiger partial charge in [0.05, 0.1) is 0 Å². The van der Waals surface area contributed by atoms with Crippen molar-refractivity contribution in [1.29, 1.82) is 0 Å². The second kappa shape index (κ2) is 5.88. The van der Waals surface area contributed by atoms with Crippen molar-refractivity contribution in [3.63, 3.8) is 0 Å². The summed E-state index contributed by atoms with van der Waals surface area (Å²) in [6.45, 7) is 7.74. The fourth-order valence-corrected chi connectivity index (χ4v) is 2.73. The third-order valence-corrected chi connectivity index (χ3v) is 4.42. The average molecular weight is 288 g/mol. The molecule has 2 rings (SSSR count). The first-order valence-corrected chi connectivity index (χ1v) is 7.71. The van der Waals surface area contributed by atoms with Crippen LogP contribution in [0.1, 0.15) is 46.1 Å². The summed E-state index contributed by atoms with van der Waals surface area (Å²) in [6.07, 6.45) is 2.14. The van der Waals surface area contributed by atoms with Crippen molar-refractivity contribution in [2.24, 2.45) is 0 Å². The molecule has 2 unspecified atom stereocenters. The number of nitrogens with one attached hydrogen (secondary N) is 1. The molecule has 0 aromatic heterocycles. The lowest BCUT2D eigenvalue weighted by atomic mass is 9.90. The molecule has 0 radical (unpaired) electrons. The minimum absolute atomic E-state index is 0.0271. The van der Waals surface area contributed by atoms with Crippen LogP contribution >= 0.6 is 0 Å². The SMILES string of the molecule is CCc1ccc(N2C(=O)C(C)(CC)NC(=O)C2CC)cc1. The first-order valence-electron chi connectivity index (χ1n) is 7.71. The van der Waals surface area contributed by atoms with Gasteiger partial charge in [-0.1, -0.05) is 32.9 Å². The molecule has 21 heavy (non-hydrogen) atoms. The zero-order chi connectivity index (χ0) is 15.6. The van der Waals surface area contributed by atoms with Gasteiger partial charge < -0.3 is 5.32 Å². The molecule has 0 saturated carbocycles. The molecule has 1 saturated heterocycles. The summed E-state index contributed by atoms with van der Waals surface area (Å²) in [4.78, 5) is 26.9. The van der Waals surface area contributed by atoms with Crippen molar-refractivity contribution in [2.75, 3.05) is 4.90 Å². The summed E-state index contributed by atoms with van der Waals surface area (Å²) in [5.41, 5.74) is 1.21. The third-order valence-electron chi connectivity index (χ3n) is 4.42. The minimum Gasteiger partial charge on any atom is -0.340 e. The third kappa shape index (κ3) is 2.67. The molecule has 0 spiro atoms. The zero-order valence-corrected chi connectivity index (χ0v) is 13.3. The van der Waals surface area contributed by atoms with Crippen LogP contribution in [0.2, 0.25) is 0 Å². The molecule has 1 fully saturated rings. The fourth-order valence-electron chi connectivity index (χ4n) is 2.73. The van der Waals surface area contributed by atoms with Gasteiger partial charge in [-0.2, -0.15) is 0 Å². The molecular weight excluding hydrogens is 264 g/mol. The Morgan fingerprint density at radius 1 is 1.14 bits per heavy atom. The van der Waals surface area contributed by atoms with Gasteiger partial charge in [0.2, 0.25) is 5.91 Å². The van der Waals surface area contributed by atoms with E-state index in [0.717, 1.165) is 12.1 Å². The van der Waals surface area contributed by atoms with Crippen LogP contribution in [0.15, 0.2) is 24.3 Å². The summed E-state index contributed by atoms with van der Waals surface area (Å²) < 4.78 is 0. The second-order valence-corrected chi connectivity index (χ2v) is 5.79. The van der Waals surface area contributed by atoms with Gasteiger partial charge in [-0.05, 0) is 43.9 Å². The molecule has 4 nitrogen and oxygen atoms in total. The summed E-state index contributed by atoms with van der Waals surface area (Å²) in [5.74, 6) is -0.0956. The molecule has 0 aliphatic carbocycles. The maximum atomic E-state index is 12.9. The monoisotopic (exact) mass is 288 g/mol. The molecule has 1 aromatic carbocycles.